The quantitative estimate of drug-likeness (QED) is 0.440. The van der Waals surface area contributed by atoms with Gasteiger partial charge in [-0.2, -0.15) is 4.52 Å². The van der Waals surface area contributed by atoms with E-state index in [9.17, 15) is 9.00 Å². The molecule has 32 heavy (non-hydrogen) atoms. The van der Waals surface area contributed by atoms with Crippen LogP contribution in [-0.2, 0) is 14.5 Å². The summed E-state index contributed by atoms with van der Waals surface area (Å²) >= 11 is 0. The smallest absolute Gasteiger partial charge is 0.242 e. The van der Waals surface area contributed by atoms with Crippen molar-refractivity contribution in [1.29, 1.82) is 4.78 Å². The van der Waals surface area contributed by atoms with Gasteiger partial charge in [0, 0.05) is 28.6 Å². The van der Waals surface area contributed by atoms with E-state index in [2.05, 4.69) is 15.7 Å². The number of nitrogens with one attached hydrogen (secondary N) is 3. The van der Waals surface area contributed by atoms with Gasteiger partial charge >= 0.3 is 0 Å². The van der Waals surface area contributed by atoms with Gasteiger partial charge < -0.3 is 10.6 Å². The molecule has 0 saturated carbocycles. The third-order valence-corrected chi connectivity index (χ3v) is 6.75. The first kappa shape index (κ1) is 20.4. The van der Waals surface area contributed by atoms with Crippen molar-refractivity contribution in [2.24, 2.45) is 0 Å². The molecule has 1 fully saturated rings. The van der Waals surface area contributed by atoms with Crippen LogP contribution in [0.4, 0.5) is 5.95 Å². The fourth-order valence-electron chi connectivity index (χ4n) is 3.87. The Morgan fingerprint density at radius 2 is 1.91 bits per heavy atom. The van der Waals surface area contributed by atoms with Gasteiger partial charge in [-0.25, -0.2) is 19.0 Å². The normalized spacial score (nSPS) is 18.8. The molecule has 164 valence electrons. The second kappa shape index (κ2) is 7.86. The lowest BCUT2D eigenvalue weighted by molar-refractivity contribution is -0.121. The standard InChI is InChI=1S/C22H23N7O2S/c1-32(23,31)15-11-9-14(10-12-15)19-27-20-16-6-2-3-7-17(16)25-22(29(20)28-19)26-18-8-4-5-13-24-21(18)30/h2-3,6-7,9-12,18,23H,4-5,8,13H2,1H3,(H,24,30)(H,25,26)/t18-,32+/m1/s1. The van der Waals surface area contributed by atoms with Crippen LogP contribution in [0, 0.1) is 4.78 Å². The van der Waals surface area contributed by atoms with Gasteiger partial charge in [0.2, 0.25) is 11.9 Å². The van der Waals surface area contributed by atoms with Gasteiger partial charge in [-0.3, -0.25) is 4.79 Å². The van der Waals surface area contributed by atoms with Crippen LogP contribution >= 0.6 is 0 Å². The van der Waals surface area contributed by atoms with E-state index in [1.807, 2.05) is 24.3 Å². The van der Waals surface area contributed by atoms with Gasteiger partial charge in [0.15, 0.2) is 11.5 Å². The number of amides is 1. The predicted octanol–water partition coefficient (Wildman–Crippen LogP) is 3.06. The highest BCUT2D eigenvalue weighted by Crippen LogP contribution is 2.25. The Bertz CT molecular complexity index is 1430. The maximum Gasteiger partial charge on any atom is 0.242 e. The number of anilines is 1. The minimum Gasteiger partial charge on any atom is -0.354 e. The molecule has 2 atom stereocenters. The first-order valence-electron chi connectivity index (χ1n) is 10.4. The van der Waals surface area contributed by atoms with Crippen molar-refractivity contribution >= 4 is 38.1 Å². The van der Waals surface area contributed by atoms with Crippen molar-refractivity contribution in [3.8, 4) is 11.4 Å². The molecule has 2 aromatic heterocycles. The van der Waals surface area contributed by atoms with Crippen molar-refractivity contribution in [2.45, 2.75) is 30.2 Å². The summed E-state index contributed by atoms with van der Waals surface area (Å²) < 4.78 is 21.4. The summed E-state index contributed by atoms with van der Waals surface area (Å²) in [5.41, 5.74) is 2.13. The van der Waals surface area contributed by atoms with Gasteiger partial charge in [-0.05, 0) is 55.7 Å². The van der Waals surface area contributed by atoms with Gasteiger partial charge in [0.25, 0.3) is 0 Å². The molecule has 3 N–H and O–H groups in total. The van der Waals surface area contributed by atoms with E-state index in [-0.39, 0.29) is 5.91 Å². The van der Waals surface area contributed by atoms with E-state index in [1.165, 1.54) is 6.26 Å². The number of hydrogen-bond acceptors (Lipinski definition) is 7. The molecule has 4 aromatic rings. The van der Waals surface area contributed by atoms with E-state index in [0.29, 0.717) is 35.3 Å². The summed E-state index contributed by atoms with van der Waals surface area (Å²) in [4.78, 5) is 22.4. The second-order valence-electron chi connectivity index (χ2n) is 7.98. The molecule has 1 amide bonds. The van der Waals surface area contributed by atoms with Crippen LogP contribution in [0.1, 0.15) is 19.3 Å². The summed E-state index contributed by atoms with van der Waals surface area (Å²) in [7, 11) is -2.79. The number of fused-ring (bicyclic) bond motifs is 3. The van der Waals surface area contributed by atoms with Crippen LogP contribution in [0.25, 0.3) is 27.9 Å². The zero-order chi connectivity index (χ0) is 22.3. The molecular formula is C22H23N7O2S. The first-order valence-corrected chi connectivity index (χ1v) is 12.4. The number of rotatable bonds is 4. The minimum atomic E-state index is -2.79. The molecule has 0 radical (unpaired) electrons. The lowest BCUT2D eigenvalue weighted by atomic mass is 10.1. The highest BCUT2D eigenvalue weighted by molar-refractivity contribution is 7.91. The monoisotopic (exact) mass is 449 g/mol. The average Bonchev–Trinajstić information content (AvgIpc) is 3.14. The fraction of sp³-hybridized carbons (Fsp3) is 0.273. The van der Waals surface area contributed by atoms with E-state index in [1.54, 1.807) is 28.8 Å². The molecule has 0 spiro atoms. The number of benzene rings is 2. The van der Waals surface area contributed by atoms with Gasteiger partial charge in [0.1, 0.15) is 6.04 Å². The fourth-order valence-corrected chi connectivity index (χ4v) is 4.52. The number of para-hydroxylation sites is 1. The first-order chi connectivity index (χ1) is 15.4. The number of carbonyl (C=O) groups is 1. The number of nitrogens with zero attached hydrogens (tertiary/aromatic N) is 4. The summed E-state index contributed by atoms with van der Waals surface area (Å²) in [5.74, 6) is 0.898. The van der Waals surface area contributed by atoms with Gasteiger partial charge in [-0.15, -0.1) is 5.10 Å². The maximum atomic E-state index is 12.5. The van der Waals surface area contributed by atoms with Crippen LogP contribution < -0.4 is 10.6 Å². The van der Waals surface area contributed by atoms with Crippen molar-refractivity contribution < 1.29 is 9.00 Å². The van der Waals surface area contributed by atoms with Crippen LogP contribution in [-0.4, -0.2) is 48.5 Å². The molecule has 0 bridgehead atoms. The molecule has 1 saturated heterocycles. The summed E-state index contributed by atoms with van der Waals surface area (Å²) in [6.45, 7) is 0.684. The lowest BCUT2D eigenvalue weighted by Gasteiger charge is -2.16. The second-order valence-corrected chi connectivity index (χ2v) is 10.1. The summed E-state index contributed by atoms with van der Waals surface area (Å²) in [6, 6.07) is 14.2. The third kappa shape index (κ3) is 3.77. The minimum absolute atomic E-state index is 0.0416. The van der Waals surface area contributed by atoms with Gasteiger partial charge in [-0.1, -0.05) is 12.1 Å². The Hall–Kier alpha value is -3.53. The van der Waals surface area contributed by atoms with Crippen molar-refractivity contribution in [1.82, 2.24) is 24.9 Å². The Labute approximate surface area is 185 Å². The van der Waals surface area contributed by atoms with Crippen LogP contribution in [0.2, 0.25) is 0 Å². The maximum absolute atomic E-state index is 12.5. The Kier molecular flexibility index (Phi) is 5.01. The van der Waals surface area contributed by atoms with Gasteiger partial charge in [0.05, 0.1) is 15.2 Å². The Balaban J connectivity index is 1.62. The van der Waals surface area contributed by atoms with Crippen LogP contribution in [0.15, 0.2) is 53.4 Å². The molecule has 3 heterocycles. The zero-order valence-electron chi connectivity index (χ0n) is 17.5. The van der Waals surface area contributed by atoms with Crippen molar-refractivity contribution in [2.75, 3.05) is 18.1 Å². The molecule has 1 aliphatic heterocycles. The molecule has 2 aromatic carbocycles. The average molecular weight is 450 g/mol. The topological polar surface area (TPSA) is 125 Å². The van der Waals surface area contributed by atoms with Crippen LogP contribution in [0.3, 0.4) is 0 Å². The van der Waals surface area contributed by atoms with Crippen molar-refractivity contribution in [3.63, 3.8) is 0 Å². The molecule has 0 unspecified atom stereocenters. The summed E-state index contributed by atoms with van der Waals surface area (Å²) in [5, 5.41) is 11.7. The summed E-state index contributed by atoms with van der Waals surface area (Å²) in [6.07, 6.45) is 4.01. The molecule has 0 aliphatic carbocycles. The molecule has 10 heteroatoms. The van der Waals surface area contributed by atoms with Crippen molar-refractivity contribution in [3.05, 3.63) is 48.5 Å². The Morgan fingerprint density at radius 1 is 1.12 bits per heavy atom. The SMILES string of the molecule is C[S@](=N)(=O)c1ccc(-c2nc3c4ccccc4nc(N[C@@H]4CCCCNC4=O)n3n2)cc1. The highest BCUT2D eigenvalue weighted by Gasteiger charge is 2.23. The largest absolute Gasteiger partial charge is 0.354 e. The predicted molar refractivity (Wildman–Crippen MR) is 123 cm³/mol. The highest BCUT2D eigenvalue weighted by atomic mass is 32.2. The molecule has 5 rings (SSSR count). The van der Waals surface area contributed by atoms with E-state index in [4.69, 9.17) is 14.7 Å². The van der Waals surface area contributed by atoms with E-state index >= 15 is 0 Å². The van der Waals surface area contributed by atoms with E-state index < -0.39 is 15.8 Å². The van der Waals surface area contributed by atoms with E-state index in [0.717, 1.165) is 29.3 Å². The van der Waals surface area contributed by atoms with Crippen LogP contribution in [0.5, 0.6) is 0 Å². The number of carbonyl (C=O) groups excluding carboxylic acids is 1. The number of aromatic nitrogens is 4. The Morgan fingerprint density at radius 3 is 2.69 bits per heavy atom. The molecule has 1 aliphatic rings. The lowest BCUT2D eigenvalue weighted by Crippen LogP contribution is -2.38. The molecular weight excluding hydrogens is 426 g/mol. The molecule has 9 nitrogen and oxygen atoms in total. The zero-order valence-corrected chi connectivity index (χ0v) is 18.4. The number of hydrogen-bond donors (Lipinski definition) is 3. The third-order valence-electron chi connectivity index (χ3n) is 5.58.